The molecule has 0 heterocycles. The first kappa shape index (κ1) is 20.6. The lowest BCUT2D eigenvalue weighted by Crippen LogP contribution is -2.38. The minimum atomic E-state index is 0.282. The van der Waals surface area contributed by atoms with Crippen LogP contribution in [-0.2, 0) is 0 Å². The molecule has 0 aliphatic rings. The van der Waals surface area contributed by atoms with Gasteiger partial charge in [-0.3, -0.25) is 0 Å². The fraction of sp³-hybridized carbons (Fsp3) is 1.00. The summed E-state index contributed by atoms with van der Waals surface area (Å²) in [4.78, 5) is 0. The van der Waals surface area contributed by atoms with Crippen LogP contribution in [0, 0.1) is 11.8 Å². The summed E-state index contributed by atoms with van der Waals surface area (Å²) in [7, 11) is 0. The van der Waals surface area contributed by atoms with Crippen LogP contribution in [0.3, 0.4) is 0 Å². The van der Waals surface area contributed by atoms with Crippen molar-refractivity contribution in [2.24, 2.45) is 11.8 Å². The van der Waals surface area contributed by atoms with E-state index in [0.29, 0.717) is 4.75 Å². The molecule has 0 bridgehead atoms. The Morgan fingerprint density at radius 1 is 0.833 bits per heavy atom. The summed E-state index contributed by atoms with van der Waals surface area (Å²) in [5, 5.41) is 3.42. The van der Waals surface area contributed by atoms with Crippen LogP contribution in [0.1, 0.15) is 69.2 Å². The summed E-state index contributed by atoms with van der Waals surface area (Å²) in [5.41, 5.74) is 0.282. The number of hydrogen-bond donors (Lipinski definition) is 1. The maximum atomic E-state index is 3.42. The Kier molecular flexibility index (Phi) is 10.6. The van der Waals surface area contributed by atoms with Crippen LogP contribution >= 0.6 is 11.8 Å². The van der Waals surface area contributed by atoms with Crippen molar-refractivity contribution in [1.82, 2.24) is 5.32 Å². The van der Waals surface area contributed by atoms with Crippen molar-refractivity contribution < 1.29 is 0 Å². The smallest absolute Gasteiger partial charge is 0.00966 e. The molecule has 0 spiro atoms. The molecule has 0 fully saturated rings. The lowest BCUT2D eigenvalue weighted by Gasteiger charge is -2.21. The molecule has 0 rings (SSSR count). The van der Waals surface area contributed by atoms with Crippen molar-refractivity contribution in [3.05, 3.63) is 0 Å². The quantitative estimate of drug-likeness (QED) is 0.756. The first-order valence-electron chi connectivity index (χ1n) is 7.22. The van der Waals surface area contributed by atoms with Crippen LogP contribution in [-0.4, -0.2) is 22.6 Å². The van der Waals surface area contributed by atoms with Gasteiger partial charge in [-0.15, -0.1) is 0 Å². The van der Waals surface area contributed by atoms with Crippen molar-refractivity contribution in [1.29, 1.82) is 0 Å². The lowest BCUT2D eigenvalue weighted by atomic mass is 10.1. The van der Waals surface area contributed by atoms with Gasteiger partial charge in [-0.05, 0) is 44.9 Å². The average Bonchev–Trinajstić information content (AvgIpc) is 2.10. The average molecular weight is 276 g/mol. The van der Waals surface area contributed by atoms with Crippen molar-refractivity contribution >= 4 is 11.8 Å². The van der Waals surface area contributed by atoms with Gasteiger partial charge in [0.25, 0.3) is 0 Å². The van der Waals surface area contributed by atoms with Gasteiger partial charge in [-0.2, -0.15) is 11.8 Å². The minimum Gasteiger partial charge on any atom is -0.312 e. The van der Waals surface area contributed by atoms with E-state index in [1.165, 1.54) is 5.75 Å². The number of nitrogens with one attached hydrogen (secondary N) is 1. The molecule has 0 saturated heterocycles. The van der Waals surface area contributed by atoms with E-state index in [2.05, 4.69) is 74.6 Å². The summed E-state index contributed by atoms with van der Waals surface area (Å²) < 4.78 is 0.449. The molecule has 0 atom stereocenters. The molecule has 0 amide bonds. The molecule has 1 N–H and O–H groups in total. The molecule has 0 unspecified atom stereocenters. The highest BCUT2D eigenvalue weighted by Crippen LogP contribution is 2.24. The lowest BCUT2D eigenvalue weighted by molar-refractivity contribution is 0.393. The van der Waals surface area contributed by atoms with Crippen LogP contribution in [0.15, 0.2) is 0 Å². The highest BCUT2D eigenvalue weighted by atomic mass is 32.2. The van der Waals surface area contributed by atoms with Gasteiger partial charge in [0.15, 0.2) is 0 Å². The van der Waals surface area contributed by atoms with E-state index in [-0.39, 0.29) is 5.54 Å². The van der Waals surface area contributed by atoms with Gasteiger partial charge >= 0.3 is 0 Å². The summed E-state index contributed by atoms with van der Waals surface area (Å²) in [6.07, 6.45) is 0. The number of thioether (sulfide) groups is 1. The fourth-order valence-electron chi connectivity index (χ4n) is 0.927. The van der Waals surface area contributed by atoms with Crippen molar-refractivity contribution in [3.63, 3.8) is 0 Å². The second-order valence-electron chi connectivity index (χ2n) is 7.84. The topological polar surface area (TPSA) is 12.0 Å². The molecule has 0 aromatic rings. The molecule has 0 aromatic carbocycles. The van der Waals surface area contributed by atoms with Gasteiger partial charge in [-0.25, -0.2) is 0 Å². The SMILES string of the molecule is CC(C)CNC(C)(C)C.CC(C)CSC(C)(C)C. The van der Waals surface area contributed by atoms with Gasteiger partial charge in [0.05, 0.1) is 0 Å². The molecule has 18 heavy (non-hydrogen) atoms. The Bertz CT molecular complexity index is 162. The third kappa shape index (κ3) is 25.2. The summed E-state index contributed by atoms with van der Waals surface area (Å²) in [5.74, 6) is 2.86. The Morgan fingerprint density at radius 3 is 1.39 bits per heavy atom. The van der Waals surface area contributed by atoms with Crippen LogP contribution < -0.4 is 5.32 Å². The van der Waals surface area contributed by atoms with E-state index >= 15 is 0 Å². The summed E-state index contributed by atoms with van der Waals surface area (Å²) >= 11 is 2.04. The first-order valence-corrected chi connectivity index (χ1v) is 8.21. The molecule has 2 heteroatoms. The highest BCUT2D eigenvalue weighted by molar-refractivity contribution is 8.00. The molecule has 0 aliphatic heterocycles. The van der Waals surface area contributed by atoms with E-state index < -0.39 is 0 Å². The number of rotatable bonds is 4. The van der Waals surface area contributed by atoms with Gasteiger partial charge in [0, 0.05) is 10.3 Å². The van der Waals surface area contributed by atoms with Gasteiger partial charge in [0.1, 0.15) is 0 Å². The third-order valence-electron chi connectivity index (χ3n) is 1.89. The molecular formula is C16H37NS. The van der Waals surface area contributed by atoms with E-state index in [0.717, 1.165) is 18.4 Å². The highest BCUT2D eigenvalue weighted by Gasteiger charge is 2.10. The van der Waals surface area contributed by atoms with Crippen LogP contribution in [0.25, 0.3) is 0 Å². The zero-order valence-electron chi connectivity index (χ0n) is 14.5. The van der Waals surface area contributed by atoms with Crippen molar-refractivity contribution in [3.8, 4) is 0 Å². The largest absolute Gasteiger partial charge is 0.312 e. The Morgan fingerprint density at radius 2 is 1.28 bits per heavy atom. The fourth-order valence-corrected chi connectivity index (χ4v) is 1.76. The Hall–Kier alpha value is 0.310. The van der Waals surface area contributed by atoms with Crippen LogP contribution in [0.2, 0.25) is 0 Å². The Labute approximate surface area is 121 Å². The van der Waals surface area contributed by atoms with Crippen LogP contribution in [0.4, 0.5) is 0 Å². The molecule has 0 saturated carbocycles. The molecule has 0 radical (unpaired) electrons. The van der Waals surface area contributed by atoms with Crippen molar-refractivity contribution in [2.75, 3.05) is 12.3 Å². The minimum absolute atomic E-state index is 0.282. The maximum Gasteiger partial charge on any atom is 0.00966 e. The summed E-state index contributed by atoms with van der Waals surface area (Å²) in [6, 6.07) is 0. The van der Waals surface area contributed by atoms with Crippen molar-refractivity contribution in [2.45, 2.75) is 79.5 Å². The predicted molar refractivity (Wildman–Crippen MR) is 89.6 cm³/mol. The molecule has 0 aromatic heterocycles. The third-order valence-corrected chi connectivity index (χ3v) is 3.59. The van der Waals surface area contributed by atoms with E-state index in [4.69, 9.17) is 0 Å². The van der Waals surface area contributed by atoms with Gasteiger partial charge in [-0.1, -0.05) is 48.5 Å². The maximum absolute atomic E-state index is 3.42. The molecule has 0 aliphatic carbocycles. The summed E-state index contributed by atoms with van der Waals surface area (Å²) in [6.45, 7) is 23.4. The standard InChI is InChI=1S/C8H19N.C8H18S/c2*1-7(2)6-9-8(3,4)5/h7,9H,6H2,1-5H3;7H,6H2,1-5H3. The monoisotopic (exact) mass is 275 g/mol. The first-order chi connectivity index (χ1) is 7.83. The van der Waals surface area contributed by atoms with Crippen LogP contribution in [0.5, 0.6) is 0 Å². The second kappa shape index (κ2) is 9.25. The molecule has 112 valence electrons. The van der Waals surface area contributed by atoms with E-state index in [1.807, 2.05) is 11.8 Å². The zero-order valence-corrected chi connectivity index (χ0v) is 15.3. The second-order valence-corrected chi connectivity index (χ2v) is 9.69. The van der Waals surface area contributed by atoms with E-state index in [1.54, 1.807) is 0 Å². The van der Waals surface area contributed by atoms with Gasteiger partial charge in [0.2, 0.25) is 0 Å². The normalized spacial score (nSPS) is 12.7. The van der Waals surface area contributed by atoms with Gasteiger partial charge < -0.3 is 5.32 Å². The number of hydrogen-bond acceptors (Lipinski definition) is 2. The molecular weight excluding hydrogens is 238 g/mol. The zero-order chi connectivity index (χ0) is 15.0. The predicted octanol–water partition coefficient (Wildman–Crippen LogP) is 5.20. The molecule has 1 nitrogen and oxygen atoms in total. The Balaban J connectivity index is 0. The van der Waals surface area contributed by atoms with E-state index in [9.17, 15) is 0 Å².